The van der Waals surface area contributed by atoms with Gasteiger partial charge in [-0.25, -0.2) is 0 Å². The lowest BCUT2D eigenvalue weighted by molar-refractivity contribution is -0.127. The first kappa shape index (κ1) is 18.7. The second-order valence-electron chi connectivity index (χ2n) is 7.59. The molecule has 2 fully saturated rings. The van der Waals surface area contributed by atoms with Crippen LogP contribution < -0.4 is 21.5 Å². The van der Waals surface area contributed by atoms with Gasteiger partial charge < -0.3 is 10.6 Å². The topological polar surface area (TPSA) is 82.3 Å². The van der Waals surface area contributed by atoms with E-state index in [2.05, 4.69) is 21.5 Å². The van der Waals surface area contributed by atoms with Gasteiger partial charge in [0.1, 0.15) is 0 Å². The fourth-order valence-electron chi connectivity index (χ4n) is 4.20. The van der Waals surface area contributed by atoms with Crippen molar-refractivity contribution in [2.45, 2.75) is 31.8 Å². The molecule has 0 aromatic heterocycles. The Kier molecular flexibility index (Phi) is 5.69. The molecule has 1 heterocycles. The fraction of sp³-hybridized carbons (Fsp3) is 0.364. The molecule has 146 valence electrons. The summed E-state index contributed by atoms with van der Waals surface area (Å²) in [4.78, 5) is 25.2. The monoisotopic (exact) mass is 378 g/mol. The van der Waals surface area contributed by atoms with Crippen LogP contribution in [0.3, 0.4) is 0 Å². The van der Waals surface area contributed by atoms with Crippen LogP contribution in [0.2, 0.25) is 0 Å². The van der Waals surface area contributed by atoms with Gasteiger partial charge in [0, 0.05) is 30.4 Å². The molecule has 6 nitrogen and oxygen atoms in total. The quantitative estimate of drug-likeness (QED) is 0.644. The summed E-state index contributed by atoms with van der Waals surface area (Å²) in [5.41, 5.74) is 8.71. The molecule has 1 aliphatic carbocycles. The van der Waals surface area contributed by atoms with Crippen molar-refractivity contribution in [3.8, 4) is 0 Å². The van der Waals surface area contributed by atoms with Crippen molar-refractivity contribution in [1.82, 2.24) is 16.2 Å². The van der Waals surface area contributed by atoms with Gasteiger partial charge in [-0.3, -0.25) is 20.4 Å². The van der Waals surface area contributed by atoms with Crippen molar-refractivity contribution < 1.29 is 9.59 Å². The minimum absolute atomic E-state index is 0.00156. The average molecular weight is 378 g/mol. The molecule has 4 rings (SSSR count). The van der Waals surface area contributed by atoms with Gasteiger partial charge in [0.15, 0.2) is 0 Å². The Bertz CT molecular complexity index is 839. The highest BCUT2D eigenvalue weighted by molar-refractivity contribution is 6.04. The number of hydrogen-bond acceptors (Lipinski definition) is 4. The van der Waals surface area contributed by atoms with Gasteiger partial charge in [0.25, 0.3) is 5.91 Å². The van der Waals surface area contributed by atoms with E-state index in [1.54, 1.807) is 6.07 Å². The average Bonchev–Trinajstić information content (AvgIpc) is 3.22. The number of nitrogens with one attached hydrogen (secondary N) is 4. The second-order valence-corrected chi connectivity index (χ2v) is 7.59. The molecule has 2 aliphatic rings. The standard InChI is InChI=1S/C22H26N4O2/c27-21(25-18-9-2-1-3-10-18)16-7-4-6-15(12-16)13-23-22(28)19-11-5-8-17-14-24-26-20(17)19/h1-4,6-7,9-10,12,17,19-20,24,26H,5,8,11,13-14H2,(H,23,28)(H,25,27). The second kappa shape index (κ2) is 8.54. The molecule has 2 aromatic carbocycles. The number of amides is 2. The molecule has 1 saturated carbocycles. The maximum absolute atomic E-state index is 12.7. The zero-order valence-corrected chi connectivity index (χ0v) is 15.8. The lowest BCUT2D eigenvalue weighted by atomic mass is 9.77. The van der Waals surface area contributed by atoms with Crippen LogP contribution in [0.25, 0.3) is 0 Å². The molecule has 2 amide bonds. The number of anilines is 1. The Morgan fingerprint density at radius 1 is 1.04 bits per heavy atom. The molecule has 1 aliphatic heterocycles. The molecule has 1 saturated heterocycles. The van der Waals surface area contributed by atoms with E-state index in [0.717, 1.165) is 30.6 Å². The largest absolute Gasteiger partial charge is 0.352 e. The number of carbonyl (C=O) groups excluding carboxylic acids is 2. The van der Waals surface area contributed by atoms with Crippen LogP contribution in [0.5, 0.6) is 0 Å². The van der Waals surface area contributed by atoms with Crippen LogP contribution in [0, 0.1) is 11.8 Å². The Hall–Kier alpha value is -2.70. The van der Waals surface area contributed by atoms with Crippen LogP contribution >= 0.6 is 0 Å². The first-order valence-electron chi connectivity index (χ1n) is 9.92. The van der Waals surface area contributed by atoms with E-state index >= 15 is 0 Å². The molecule has 0 bridgehead atoms. The summed E-state index contributed by atoms with van der Waals surface area (Å²) in [7, 11) is 0. The van der Waals surface area contributed by atoms with Gasteiger partial charge in [-0.1, -0.05) is 36.8 Å². The predicted octanol–water partition coefficient (Wildman–Crippen LogP) is 2.45. The molecule has 6 heteroatoms. The first-order valence-corrected chi connectivity index (χ1v) is 9.92. The third kappa shape index (κ3) is 4.24. The van der Waals surface area contributed by atoms with Gasteiger partial charge in [-0.2, -0.15) is 0 Å². The highest BCUT2D eigenvalue weighted by Gasteiger charge is 2.39. The molecule has 28 heavy (non-hydrogen) atoms. The highest BCUT2D eigenvalue weighted by atomic mass is 16.2. The molecule has 0 spiro atoms. The van der Waals surface area contributed by atoms with Gasteiger partial charge in [-0.15, -0.1) is 0 Å². The zero-order valence-electron chi connectivity index (χ0n) is 15.8. The fourth-order valence-corrected chi connectivity index (χ4v) is 4.20. The smallest absolute Gasteiger partial charge is 0.255 e. The number of para-hydroxylation sites is 1. The van der Waals surface area contributed by atoms with Crippen LogP contribution in [-0.2, 0) is 11.3 Å². The number of fused-ring (bicyclic) bond motifs is 1. The van der Waals surface area contributed by atoms with Gasteiger partial charge in [0.2, 0.25) is 5.91 Å². The highest BCUT2D eigenvalue weighted by Crippen LogP contribution is 2.31. The Morgan fingerprint density at radius 3 is 2.75 bits per heavy atom. The van der Waals surface area contributed by atoms with Crippen molar-refractivity contribution >= 4 is 17.5 Å². The molecule has 3 atom stereocenters. The van der Waals surface area contributed by atoms with Gasteiger partial charge >= 0.3 is 0 Å². The Labute approximate surface area is 165 Å². The summed E-state index contributed by atoms with van der Waals surface area (Å²) in [6.45, 7) is 1.36. The summed E-state index contributed by atoms with van der Waals surface area (Å²) in [6, 6.07) is 17.0. The molecule has 4 N–H and O–H groups in total. The van der Waals surface area contributed by atoms with Crippen molar-refractivity contribution in [1.29, 1.82) is 0 Å². The van der Waals surface area contributed by atoms with E-state index < -0.39 is 0 Å². The summed E-state index contributed by atoms with van der Waals surface area (Å²) in [5.74, 6) is 0.466. The summed E-state index contributed by atoms with van der Waals surface area (Å²) in [5, 5.41) is 5.94. The minimum atomic E-state index is -0.157. The molecule has 3 unspecified atom stereocenters. The maximum atomic E-state index is 12.7. The van der Waals surface area contributed by atoms with Crippen LogP contribution in [0.4, 0.5) is 5.69 Å². The minimum Gasteiger partial charge on any atom is -0.352 e. The third-order valence-electron chi connectivity index (χ3n) is 5.69. The zero-order chi connectivity index (χ0) is 19.3. The normalized spacial score (nSPS) is 23.6. The van der Waals surface area contributed by atoms with Gasteiger partial charge in [-0.05, 0) is 48.6 Å². The number of benzene rings is 2. The van der Waals surface area contributed by atoms with E-state index in [1.807, 2.05) is 48.5 Å². The SMILES string of the molecule is O=C(Nc1ccccc1)c1cccc(CNC(=O)C2CCCC3CNNC32)c1. The Morgan fingerprint density at radius 2 is 1.89 bits per heavy atom. The Balaban J connectivity index is 1.35. The lowest BCUT2D eigenvalue weighted by Gasteiger charge is -2.31. The third-order valence-corrected chi connectivity index (χ3v) is 5.69. The number of hydrazine groups is 1. The lowest BCUT2D eigenvalue weighted by Crippen LogP contribution is -2.47. The number of carbonyl (C=O) groups is 2. The molecule has 2 aromatic rings. The van der Waals surface area contributed by atoms with Crippen molar-refractivity contribution in [2.75, 3.05) is 11.9 Å². The van der Waals surface area contributed by atoms with Crippen LogP contribution in [0.15, 0.2) is 54.6 Å². The van der Waals surface area contributed by atoms with E-state index in [1.165, 1.54) is 6.42 Å². The van der Waals surface area contributed by atoms with Crippen LogP contribution in [-0.4, -0.2) is 24.4 Å². The van der Waals surface area contributed by atoms with Gasteiger partial charge in [0.05, 0.1) is 5.92 Å². The summed E-state index contributed by atoms with van der Waals surface area (Å²) in [6.07, 6.45) is 3.19. The van der Waals surface area contributed by atoms with E-state index in [-0.39, 0.29) is 23.8 Å². The van der Waals surface area contributed by atoms with E-state index in [0.29, 0.717) is 18.0 Å². The van der Waals surface area contributed by atoms with Crippen molar-refractivity contribution in [3.05, 3.63) is 65.7 Å². The summed E-state index contributed by atoms with van der Waals surface area (Å²) < 4.78 is 0. The van der Waals surface area contributed by atoms with Crippen molar-refractivity contribution in [3.63, 3.8) is 0 Å². The summed E-state index contributed by atoms with van der Waals surface area (Å²) >= 11 is 0. The number of hydrogen-bond donors (Lipinski definition) is 4. The predicted molar refractivity (Wildman–Crippen MR) is 108 cm³/mol. The van der Waals surface area contributed by atoms with E-state index in [9.17, 15) is 9.59 Å². The van der Waals surface area contributed by atoms with Crippen molar-refractivity contribution in [2.24, 2.45) is 11.8 Å². The molecular weight excluding hydrogens is 352 g/mol. The van der Waals surface area contributed by atoms with E-state index in [4.69, 9.17) is 0 Å². The molecular formula is C22H26N4O2. The van der Waals surface area contributed by atoms with Crippen LogP contribution in [0.1, 0.15) is 35.2 Å². The molecule has 0 radical (unpaired) electrons. The first-order chi connectivity index (χ1) is 13.7. The number of rotatable bonds is 5. The maximum Gasteiger partial charge on any atom is 0.255 e.